The molecule has 8 nitrogen and oxygen atoms in total. The Morgan fingerprint density at radius 1 is 1.14 bits per heavy atom. The van der Waals surface area contributed by atoms with E-state index in [0.29, 0.717) is 11.6 Å². The zero-order valence-corrected chi connectivity index (χ0v) is 20.6. The van der Waals surface area contributed by atoms with Crippen LogP contribution in [0.3, 0.4) is 0 Å². The van der Waals surface area contributed by atoms with Crippen LogP contribution < -0.4 is 10.6 Å². The molecule has 2 aromatic carbocycles. The molecule has 1 aliphatic rings. The molecule has 9 heteroatoms. The lowest BCUT2D eigenvalue weighted by molar-refractivity contribution is 0.442. The lowest BCUT2D eigenvalue weighted by Crippen LogP contribution is -2.38. The molecule has 0 spiro atoms. The summed E-state index contributed by atoms with van der Waals surface area (Å²) in [6.07, 6.45) is 5.87. The van der Waals surface area contributed by atoms with Gasteiger partial charge >= 0.3 is 0 Å². The van der Waals surface area contributed by atoms with Gasteiger partial charge in [-0.3, -0.25) is 0 Å². The maximum absolute atomic E-state index is 9.51. The third-order valence-electron chi connectivity index (χ3n) is 6.33. The van der Waals surface area contributed by atoms with Crippen LogP contribution in [0.2, 0.25) is 0 Å². The second-order valence-corrected chi connectivity index (χ2v) is 10.6. The molecule has 1 fully saturated rings. The molecule has 2 N–H and O–H groups in total. The van der Waals surface area contributed by atoms with Crippen LogP contribution in [0.25, 0.3) is 10.9 Å². The van der Waals surface area contributed by atoms with Crippen LogP contribution in [-0.4, -0.2) is 39.4 Å². The maximum Gasteiger partial charge on any atom is 0.148 e. The molecule has 1 saturated carbocycles. The fraction of sp³-hybridized carbons (Fsp3) is 0.346. The molecule has 2 aromatic heterocycles. The number of nitriles is 1. The molecular weight excluding hydrogens is 435 g/mol. The van der Waals surface area contributed by atoms with Gasteiger partial charge in [0.1, 0.15) is 25.7 Å². The van der Waals surface area contributed by atoms with Crippen LogP contribution in [0.4, 0.5) is 11.5 Å². The van der Waals surface area contributed by atoms with Crippen molar-refractivity contribution in [2.45, 2.75) is 45.1 Å². The van der Waals surface area contributed by atoms with E-state index >= 15 is 0 Å². The fourth-order valence-corrected chi connectivity index (χ4v) is 4.12. The third-order valence-corrected chi connectivity index (χ3v) is 6.33. The standard InChI is InChI=1S/C26H29BN8/c1-25(2,3)15-29-24-21-12-19(7-10-22(21)30-16-31-24)32-26(27,18-6-4-5-17(11-18)13-28)23-14-35(34-33-23)20-8-9-20/h4-7,10-12,14,16,20,32H,8-9,15,27H2,1-3H3,(H,29,30,31). The van der Waals surface area contributed by atoms with Gasteiger partial charge in [0.2, 0.25) is 0 Å². The molecule has 0 radical (unpaired) electrons. The Hall–Kier alpha value is -3.93. The van der Waals surface area contributed by atoms with Gasteiger partial charge in [-0.25, -0.2) is 14.6 Å². The van der Waals surface area contributed by atoms with Gasteiger partial charge in [0.05, 0.1) is 34.8 Å². The summed E-state index contributed by atoms with van der Waals surface area (Å²) in [6.45, 7) is 7.35. The van der Waals surface area contributed by atoms with Gasteiger partial charge in [0.15, 0.2) is 0 Å². The summed E-state index contributed by atoms with van der Waals surface area (Å²) in [6, 6.07) is 16.4. The van der Waals surface area contributed by atoms with Gasteiger partial charge in [-0.05, 0) is 54.2 Å². The average molecular weight is 464 g/mol. The van der Waals surface area contributed by atoms with Crippen molar-refractivity contribution in [3.05, 3.63) is 71.8 Å². The number of hydrogen-bond acceptors (Lipinski definition) is 7. The largest absolute Gasteiger partial charge is 0.378 e. The molecule has 4 aromatic rings. The van der Waals surface area contributed by atoms with Gasteiger partial charge in [0, 0.05) is 17.6 Å². The highest BCUT2D eigenvalue weighted by Gasteiger charge is 2.34. The van der Waals surface area contributed by atoms with Gasteiger partial charge < -0.3 is 10.6 Å². The van der Waals surface area contributed by atoms with Crippen LogP contribution in [-0.2, 0) is 5.44 Å². The number of hydrogen-bond donors (Lipinski definition) is 2. The van der Waals surface area contributed by atoms with E-state index in [0.717, 1.165) is 53.1 Å². The second-order valence-electron chi connectivity index (χ2n) is 10.6. The summed E-state index contributed by atoms with van der Waals surface area (Å²) >= 11 is 0. The van der Waals surface area contributed by atoms with Crippen LogP contribution in [0.5, 0.6) is 0 Å². The van der Waals surface area contributed by atoms with E-state index in [1.807, 2.05) is 47.3 Å². The molecule has 176 valence electrons. The van der Waals surface area contributed by atoms with Gasteiger partial charge in [-0.2, -0.15) is 5.26 Å². The third kappa shape index (κ3) is 4.83. The van der Waals surface area contributed by atoms with Crippen molar-refractivity contribution in [2.75, 3.05) is 17.2 Å². The van der Waals surface area contributed by atoms with E-state index in [1.165, 1.54) is 0 Å². The van der Waals surface area contributed by atoms with E-state index in [1.54, 1.807) is 6.33 Å². The molecule has 35 heavy (non-hydrogen) atoms. The molecule has 2 heterocycles. The number of benzene rings is 2. The number of nitrogens with zero attached hydrogens (tertiary/aromatic N) is 6. The van der Waals surface area contributed by atoms with Gasteiger partial charge in [-0.1, -0.05) is 38.1 Å². The molecule has 5 rings (SSSR count). The first kappa shape index (κ1) is 22.8. The van der Waals surface area contributed by atoms with Crippen molar-refractivity contribution >= 4 is 30.3 Å². The van der Waals surface area contributed by atoms with E-state index in [-0.39, 0.29) is 5.41 Å². The lowest BCUT2D eigenvalue weighted by atomic mass is 9.69. The van der Waals surface area contributed by atoms with Crippen molar-refractivity contribution < 1.29 is 0 Å². The van der Waals surface area contributed by atoms with Crippen molar-refractivity contribution in [3.63, 3.8) is 0 Å². The summed E-state index contributed by atoms with van der Waals surface area (Å²) in [7, 11) is 2.08. The fourth-order valence-electron chi connectivity index (χ4n) is 4.12. The molecular formula is C26H29BN8. The molecule has 1 atom stereocenters. The molecule has 0 amide bonds. The Morgan fingerprint density at radius 2 is 1.97 bits per heavy atom. The quantitative estimate of drug-likeness (QED) is 0.401. The summed E-state index contributed by atoms with van der Waals surface area (Å²) in [5.41, 5.74) is 3.52. The Balaban J connectivity index is 1.56. The maximum atomic E-state index is 9.51. The Bertz CT molecular complexity index is 1410. The second kappa shape index (κ2) is 8.69. The highest BCUT2D eigenvalue weighted by molar-refractivity contribution is 6.19. The Morgan fingerprint density at radius 3 is 2.71 bits per heavy atom. The normalized spacial score (nSPS) is 15.4. The van der Waals surface area contributed by atoms with Crippen molar-refractivity contribution in [1.29, 1.82) is 5.26 Å². The molecule has 0 saturated heterocycles. The van der Waals surface area contributed by atoms with Crippen LogP contribution >= 0.6 is 0 Å². The van der Waals surface area contributed by atoms with E-state index in [9.17, 15) is 5.26 Å². The number of fused-ring (bicyclic) bond motifs is 1. The Labute approximate surface area is 206 Å². The number of nitrogens with one attached hydrogen (secondary N) is 2. The minimum absolute atomic E-state index is 0.116. The van der Waals surface area contributed by atoms with Crippen molar-refractivity contribution in [1.82, 2.24) is 25.0 Å². The number of rotatable bonds is 7. The topological polar surface area (TPSA) is 104 Å². The number of anilines is 2. The monoisotopic (exact) mass is 464 g/mol. The predicted molar refractivity (Wildman–Crippen MR) is 140 cm³/mol. The SMILES string of the molecule is BC(Nc1ccc2ncnc(NCC(C)(C)C)c2c1)(c1cccc(C#N)c1)c1cn(C2CC2)nn1. The smallest absolute Gasteiger partial charge is 0.148 e. The van der Waals surface area contributed by atoms with Gasteiger partial charge in [0.25, 0.3) is 0 Å². The summed E-state index contributed by atoms with van der Waals surface area (Å²) in [5, 5.41) is 26.6. The van der Waals surface area contributed by atoms with E-state index in [4.69, 9.17) is 0 Å². The number of aromatic nitrogens is 5. The van der Waals surface area contributed by atoms with Crippen LogP contribution in [0.1, 0.15) is 56.5 Å². The van der Waals surface area contributed by atoms with Crippen molar-refractivity contribution in [2.24, 2.45) is 5.41 Å². The summed E-state index contributed by atoms with van der Waals surface area (Å²) < 4.78 is 1.95. The summed E-state index contributed by atoms with van der Waals surface area (Å²) in [5.74, 6) is 0.807. The molecule has 1 aliphatic carbocycles. The molecule has 0 aliphatic heterocycles. The first-order valence-corrected chi connectivity index (χ1v) is 11.9. The molecule has 1 unspecified atom stereocenters. The van der Waals surface area contributed by atoms with Crippen molar-refractivity contribution in [3.8, 4) is 6.07 Å². The van der Waals surface area contributed by atoms with Crippen LogP contribution in [0.15, 0.2) is 55.0 Å². The zero-order chi connectivity index (χ0) is 24.6. The minimum Gasteiger partial charge on any atom is -0.378 e. The predicted octanol–water partition coefficient (Wildman–Crippen LogP) is 3.83. The zero-order valence-electron chi connectivity index (χ0n) is 20.6. The molecule has 0 bridgehead atoms. The first-order valence-electron chi connectivity index (χ1n) is 11.9. The highest BCUT2D eigenvalue weighted by atomic mass is 15.4. The van der Waals surface area contributed by atoms with Crippen LogP contribution in [0, 0.1) is 16.7 Å². The summed E-state index contributed by atoms with van der Waals surface area (Å²) in [4.78, 5) is 8.96. The Kier molecular flexibility index (Phi) is 5.68. The highest BCUT2D eigenvalue weighted by Crippen LogP contribution is 2.36. The lowest BCUT2D eigenvalue weighted by Gasteiger charge is -2.31. The first-order chi connectivity index (χ1) is 16.7. The van der Waals surface area contributed by atoms with E-state index < -0.39 is 5.44 Å². The van der Waals surface area contributed by atoms with E-state index in [2.05, 4.69) is 71.7 Å². The average Bonchev–Trinajstić information content (AvgIpc) is 3.58. The van der Waals surface area contributed by atoms with Gasteiger partial charge in [-0.15, -0.1) is 5.10 Å². The minimum atomic E-state index is -0.706.